The third-order valence-corrected chi connectivity index (χ3v) is 6.17. The topological polar surface area (TPSA) is 237 Å². The molecule has 0 unspecified atom stereocenters. The number of ether oxygens (including phenoxy) is 1. The van der Waals surface area contributed by atoms with Crippen LogP contribution in [0.25, 0.3) is 0 Å². The number of imidazole rings is 1. The molecule has 0 radical (unpaired) electrons. The number of fused-ring (bicyclic) bond motifs is 1. The van der Waals surface area contributed by atoms with Crippen molar-refractivity contribution in [1.82, 2.24) is 14.5 Å². The molecular formula is C19H25N6O9P. The lowest BCUT2D eigenvalue weighted by atomic mass is 10.0. The van der Waals surface area contributed by atoms with E-state index in [2.05, 4.69) is 14.8 Å². The number of phenols is 1. The molecule has 1 fully saturated rings. The van der Waals surface area contributed by atoms with E-state index in [0.717, 1.165) is 10.5 Å². The summed E-state index contributed by atoms with van der Waals surface area (Å²) in [5.41, 5.74) is 6.86. The van der Waals surface area contributed by atoms with E-state index in [4.69, 9.17) is 25.7 Å². The summed E-state index contributed by atoms with van der Waals surface area (Å²) in [6.07, 6.45) is -4.02. The molecule has 9 N–H and O–H groups in total. The SMILES string of the molecule is N=C1c2ncn([C@@H]3O[C@H](COP(=O)(O)O)[C@@H](O)[C@H]3O)c2NCN1C(=O)[C@@H](N)Cc1ccc(O)cc1. The highest BCUT2D eigenvalue weighted by Gasteiger charge is 2.46. The van der Waals surface area contributed by atoms with Crippen molar-refractivity contribution in [3.05, 3.63) is 41.9 Å². The Bertz CT molecular complexity index is 1150. The molecule has 2 aliphatic rings. The zero-order valence-corrected chi connectivity index (χ0v) is 19.0. The van der Waals surface area contributed by atoms with Gasteiger partial charge >= 0.3 is 7.82 Å². The van der Waals surface area contributed by atoms with Crippen LogP contribution in [0.5, 0.6) is 5.75 Å². The Morgan fingerprint density at radius 3 is 2.66 bits per heavy atom. The number of aliphatic hydroxyl groups excluding tert-OH is 2. The molecule has 4 rings (SSSR count). The number of phosphoric acid groups is 1. The van der Waals surface area contributed by atoms with Gasteiger partial charge in [-0.3, -0.25) is 24.2 Å². The first kappa shape index (κ1) is 25.2. The van der Waals surface area contributed by atoms with Crippen LogP contribution in [0, 0.1) is 5.41 Å². The Balaban J connectivity index is 1.46. The first-order valence-electron chi connectivity index (χ1n) is 10.4. The Morgan fingerprint density at radius 1 is 1.31 bits per heavy atom. The molecule has 2 aliphatic heterocycles. The van der Waals surface area contributed by atoms with Gasteiger partial charge in [-0.25, -0.2) is 9.55 Å². The number of rotatable bonds is 7. The number of phosphoric ester groups is 1. The zero-order chi connectivity index (χ0) is 25.5. The van der Waals surface area contributed by atoms with E-state index < -0.39 is 50.9 Å². The van der Waals surface area contributed by atoms with Crippen molar-refractivity contribution in [1.29, 1.82) is 5.41 Å². The van der Waals surface area contributed by atoms with Crippen LogP contribution in [-0.2, 0) is 25.0 Å². The summed E-state index contributed by atoms with van der Waals surface area (Å²) in [5.74, 6) is -0.446. The van der Waals surface area contributed by atoms with Gasteiger partial charge in [0.15, 0.2) is 12.1 Å². The van der Waals surface area contributed by atoms with Crippen molar-refractivity contribution in [2.24, 2.45) is 5.73 Å². The van der Waals surface area contributed by atoms with Gasteiger partial charge in [-0.15, -0.1) is 0 Å². The summed E-state index contributed by atoms with van der Waals surface area (Å²) in [5, 5.41) is 41.4. The fraction of sp³-hybridized carbons (Fsp3) is 0.421. The van der Waals surface area contributed by atoms with Crippen LogP contribution < -0.4 is 11.1 Å². The van der Waals surface area contributed by atoms with E-state index in [1.165, 1.54) is 23.0 Å². The summed E-state index contributed by atoms with van der Waals surface area (Å²) in [6.45, 7) is -0.796. The lowest BCUT2D eigenvalue weighted by molar-refractivity contribution is -0.128. The number of aliphatic hydroxyl groups is 2. The van der Waals surface area contributed by atoms with E-state index >= 15 is 0 Å². The molecule has 0 bridgehead atoms. The fourth-order valence-corrected chi connectivity index (χ4v) is 4.23. The number of aromatic nitrogens is 2. The van der Waals surface area contributed by atoms with Gasteiger partial charge in [-0.05, 0) is 24.1 Å². The third-order valence-electron chi connectivity index (χ3n) is 5.69. The number of amides is 1. The number of amidine groups is 1. The minimum absolute atomic E-state index is 0.0710. The molecule has 0 spiro atoms. The third kappa shape index (κ3) is 5.22. The second-order valence-corrected chi connectivity index (χ2v) is 9.35. The molecule has 2 aromatic rings. The number of phenolic OH excluding ortho intramolecular Hbond substituents is 1. The van der Waals surface area contributed by atoms with Crippen molar-refractivity contribution >= 4 is 25.4 Å². The number of aromatic hydroxyl groups is 1. The molecule has 15 nitrogen and oxygen atoms in total. The van der Waals surface area contributed by atoms with Gasteiger partial charge in [0.05, 0.1) is 25.6 Å². The maximum atomic E-state index is 12.9. The Kier molecular flexibility index (Phi) is 6.95. The van der Waals surface area contributed by atoms with Gasteiger partial charge in [0.2, 0.25) is 5.91 Å². The summed E-state index contributed by atoms with van der Waals surface area (Å²) < 4.78 is 22.2. The van der Waals surface area contributed by atoms with E-state index in [0.29, 0.717) is 0 Å². The highest BCUT2D eigenvalue weighted by molar-refractivity contribution is 7.46. The van der Waals surface area contributed by atoms with Crippen LogP contribution in [-0.4, -0.2) is 88.9 Å². The van der Waals surface area contributed by atoms with Crippen LogP contribution >= 0.6 is 7.82 Å². The van der Waals surface area contributed by atoms with Crippen molar-refractivity contribution in [2.75, 3.05) is 18.6 Å². The first-order valence-corrected chi connectivity index (χ1v) is 12.0. The van der Waals surface area contributed by atoms with Crippen LogP contribution in [0.15, 0.2) is 30.6 Å². The molecule has 1 saturated heterocycles. The molecule has 5 atom stereocenters. The smallest absolute Gasteiger partial charge is 0.469 e. The number of carbonyl (C=O) groups excluding carboxylic acids is 1. The minimum atomic E-state index is -4.81. The number of carbonyl (C=O) groups is 1. The van der Waals surface area contributed by atoms with Gasteiger partial charge in [-0.1, -0.05) is 12.1 Å². The number of anilines is 1. The number of nitrogens with one attached hydrogen (secondary N) is 2. The van der Waals surface area contributed by atoms with Gasteiger partial charge < -0.3 is 40.9 Å². The summed E-state index contributed by atoms with van der Waals surface area (Å²) in [7, 11) is -4.81. The molecular weight excluding hydrogens is 487 g/mol. The normalized spacial score (nSPS) is 25.3. The van der Waals surface area contributed by atoms with Crippen LogP contribution in [0.3, 0.4) is 0 Å². The average Bonchev–Trinajstić information content (AvgIpc) is 3.35. The van der Waals surface area contributed by atoms with Crippen molar-refractivity contribution in [2.45, 2.75) is 37.0 Å². The van der Waals surface area contributed by atoms with E-state index in [-0.39, 0.29) is 36.2 Å². The Morgan fingerprint density at radius 2 is 2.00 bits per heavy atom. The summed E-state index contributed by atoms with van der Waals surface area (Å²) >= 11 is 0. The number of hydrogen-bond acceptors (Lipinski definition) is 11. The van der Waals surface area contributed by atoms with E-state index in [1.54, 1.807) is 12.1 Å². The Labute approximate surface area is 198 Å². The molecule has 0 aliphatic carbocycles. The number of benzene rings is 1. The predicted octanol–water partition coefficient (Wildman–Crippen LogP) is -1.58. The van der Waals surface area contributed by atoms with Crippen molar-refractivity contribution < 1.29 is 43.7 Å². The molecule has 1 aromatic carbocycles. The van der Waals surface area contributed by atoms with Crippen LogP contribution in [0.1, 0.15) is 17.5 Å². The van der Waals surface area contributed by atoms with Gasteiger partial charge in [0, 0.05) is 0 Å². The molecule has 35 heavy (non-hydrogen) atoms. The molecule has 190 valence electrons. The Hall–Kier alpha value is -2.88. The largest absolute Gasteiger partial charge is 0.508 e. The molecule has 16 heteroatoms. The monoisotopic (exact) mass is 512 g/mol. The highest BCUT2D eigenvalue weighted by Crippen LogP contribution is 2.39. The summed E-state index contributed by atoms with van der Waals surface area (Å²) in [4.78, 5) is 35.9. The van der Waals surface area contributed by atoms with E-state index in [1.807, 2.05) is 0 Å². The minimum Gasteiger partial charge on any atom is -0.508 e. The second kappa shape index (κ2) is 9.64. The highest BCUT2D eigenvalue weighted by atomic mass is 31.2. The number of hydrogen-bond donors (Lipinski definition) is 8. The molecule has 1 aromatic heterocycles. The second-order valence-electron chi connectivity index (χ2n) is 8.11. The lowest BCUT2D eigenvalue weighted by Gasteiger charge is -2.31. The molecule has 3 heterocycles. The summed E-state index contributed by atoms with van der Waals surface area (Å²) in [6, 6.07) is 5.28. The average molecular weight is 512 g/mol. The zero-order valence-electron chi connectivity index (χ0n) is 18.1. The number of nitrogens with zero attached hydrogens (tertiary/aromatic N) is 3. The van der Waals surface area contributed by atoms with Crippen molar-refractivity contribution in [3.63, 3.8) is 0 Å². The van der Waals surface area contributed by atoms with Crippen molar-refractivity contribution in [3.8, 4) is 5.75 Å². The van der Waals surface area contributed by atoms with Crippen LogP contribution in [0.2, 0.25) is 0 Å². The fourth-order valence-electron chi connectivity index (χ4n) is 3.89. The standard InChI is InChI=1S/C19H25N6O9P/c20-11(5-9-1-3-10(26)4-2-9)18(29)24-8-23-17-13(16(24)21)22-7-25(17)19-15(28)14(27)12(34-19)6-33-35(30,31)32/h1-4,7,11-12,14-15,19,21,23,26-28H,5-6,8,20H2,(H2,30,31,32)/t11-,12+,14+,15+,19+/m0/s1. The quantitative estimate of drug-likeness (QED) is 0.196. The maximum absolute atomic E-state index is 12.9. The molecule has 0 saturated carbocycles. The van der Waals surface area contributed by atoms with Gasteiger partial charge in [-0.2, -0.15) is 0 Å². The van der Waals surface area contributed by atoms with Gasteiger partial charge in [0.25, 0.3) is 0 Å². The predicted molar refractivity (Wildman–Crippen MR) is 118 cm³/mol. The van der Waals surface area contributed by atoms with Gasteiger partial charge in [0.1, 0.15) is 35.6 Å². The van der Waals surface area contributed by atoms with Crippen LogP contribution in [0.4, 0.5) is 5.82 Å². The lowest BCUT2D eigenvalue weighted by Crippen LogP contribution is -2.51. The maximum Gasteiger partial charge on any atom is 0.469 e. The first-order chi connectivity index (χ1) is 16.5. The number of nitrogens with two attached hydrogens (primary N) is 1. The molecule has 1 amide bonds. The van der Waals surface area contributed by atoms with E-state index in [9.17, 15) is 24.7 Å².